The summed E-state index contributed by atoms with van der Waals surface area (Å²) in [6, 6.07) is 15.3. The van der Waals surface area contributed by atoms with Gasteiger partial charge < -0.3 is 20.4 Å². The number of nitrogens with one attached hydrogen (secondary N) is 2. The van der Waals surface area contributed by atoms with Crippen molar-refractivity contribution in [1.82, 2.24) is 15.0 Å². The fraction of sp³-hybridized carbons (Fsp3) is 0.238. The van der Waals surface area contributed by atoms with Crippen LogP contribution >= 0.6 is 11.6 Å². The Labute approximate surface area is 179 Å². The summed E-state index contributed by atoms with van der Waals surface area (Å²) in [5.41, 5.74) is 2.65. The summed E-state index contributed by atoms with van der Waals surface area (Å²) in [6.45, 7) is 4.84. The number of halogens is 1. The van der Waals surface area contributed by atoms with Gasteiger partial charge in [-0.3, -0.25) is 4.79 Å². The first-order valence-corrected chi connectivity index (χ1v) is 10.0. The summed E-state index contributed by atoms with van der Waals surface area (Å²) in [5, 5.41) is 6.68. The third-order valence-corrected chi connectivity index (χ3v) is 5.00. The van der Waals surface area contributed by atoms with Crippen LogP contribution in [0.5, 0.6) is 0 Å². The Morgan fingerprint density at radius 2 is 1.67 bits per heavy atom. The number of carbonyl (C=O) groups is 1. The fourth-order valence-electron chi connectivity index (χ4n) is 3.32. The van der Waals surface area contributed by atoms with Gasteiger partial charge in [-0.2, -0.15) is 4.98 Å². The molecule has 4 rings (SSSR count). The van der Waals surface area contributed by atoms with E-state index < -0.39 is 0 Å². The number of nitrogens with zero attached hydrogens (tertiary/aromatic N) is 5. The molecule has 1 aliphatic heterocycles. The second-order valence-corrected chi connectivity index (χ2v) is 7.38. The monoisotopic (exact) mass is 423 g/mol. The first-order valence-electron chi connectivity index (χ1n) is 9.66. The van der Waals surface area contributed by atoms with Gasteiger partial charge in [0.2, 0.25) is 17.8 Å². The van der Waals surface area contributed by atoms with Gasteiger partial charge in [0.1, 0.15) is 6.33 Å². The van der Waals surface area contributed by atoms with E-state index in [4.69, 9.17) is 11.6 Å². The van der Waals surface area contributed by atoms with Crippen LogP contribution in [0.25, 0.3) is 0 Å². The second kappa shape index (κ2) is 8.96. The third-order valence-electron chi connectivity index (χ3n) is 4.75. The first kappa shape index (κ1) is 19.9. The highest BCUT2D eigenvalue weighted by molar-refractivity contribution is 6.30. The number of anilines is 5. The van der Waals surface area contributed by atoms with Crippen LogP contribution in [0.4, 0.5) is 29.0 Å². The van der Waals surface area contributed by atoms with Crippen molar-refractivity contribution in [1.29, 1.82) is 0 Å². The molecular weight excluding hydrogens is 402 g/mol. The molecule has 154 valence electrons. The highest BCUT2D eigenvalue weighted by Gasteiger charge is 2.19. The summed E-state index contributed by atoms with van der Waals surface area (Å²) >= 11 is 5.98. The number of piperazine rings is 1. The van der Waals surface area contributed by atoms with Crippen LogP contribution in [-0.2, 0) is 4.79 Å². The highest BCUT2D eigenvalue weighted by Crippen LogP contribution is 2.22. The molecule has 2 aromatic carbocycles. The Morgan fingerprint density at radius 3 is 2.40 bits per heavy atom. The van der Waals surface area contributed by atoms with E-state index in [0.29, 0.717) is 17.6 Å². The lowest BCUT2D eigenvalue weighted by molar-refractivity contribution is -0.114. The molecule has 2 heterocycles. The summed E-state index contributed by atoms with van der Waals surface area (Å²) < 4.78 is 0. The zero-order valence-electron chi connectivity index (χ0n) is 16.5. The van der Waals surface area contributed by atoms with Crippen molar-refractivity contribution >= 4 is 46.5 Å². The van der Waals surface area contributed by atoms with E-state index in [0.717, 1.165) is 42.6 Å². The average molecular weight is 424 g/mol. The van der Waals surface area contributed by atoms with Gasteiger partial charge in [-0.1, -0.05) is 17.7 Å². The highest BCUT2D eigenvalue weighted by atomic mass is 35.5. The molecule has 1 aromatic heterocycles. The van der Waals surface area contributed by atoms with Crippen molar-refractivity contribution in [3.63, 3.8) is 0 Å². The summed E-state index contributed by atoms with van der Waals surface area (Å²) in [7, 11) is 0. The molecule has 1 saturated heterocycles. The van der Waals surface area contributed by atoms with Crippen LogP contribution in [0.2, 0.25) is 5.02 Å². The standard InChI is InChI=1S/C21H22ClN7O/c1-15(30)25-17-3-2-4-18(13-17)26-20-23-14-24-21(27-20)29-11-9-28(10-12-29)19-7-5-16(22)6-8-19/h2-8,13-14H,9-12H2,1H3,(H,25,30)(H,23,24,26,27). The zero-order valence-corrected chi connectivity index (χ0v) is 17.3. The SMILES string of the molecule is CC(=O)Nc1cccc(Nc2ncnc(N3CCN(c4ccc(Cl)cc4)CC3)n2)c1. The minimum atomic E-state index is -0.118. The molecular formula is C21H22ClN7O. The number of hydrogen-bond acceptors (Lipinski definition) is 7. The van der Waals surface area contributed by atoms with E-state index in [-0.39, 0.29) is 5.91 Å². The van der Waals surface area contributed by atoms with Crippen LogP contribution in [0.3, 0.4) is 0 Å². The van der Waals surface area contributed by atoms with Crippen molar-refractivity contribution in [2.75, 3.05) is 46.6 Å². The van der Waals surface area contributed by atoms with Gasteiger partial charge in [0.05, 0.1) is 0 Å². The zero-order chi connectivity index (χ0) is 20.9. The third kappa shape index (κ3) is 4.96. The molecule has 0 saturated carbocycles. The van der Waals surface area contributed by atoms with E-state index in [2.05, 4.69) is 35.4 Å². The predicted molar refractivity (Wildman–Crippen MR) is 120 cm³/mol. The van der Waals surface area contributed by atoms with E-state index in [1.165, 1.54) is 13.3 Å². The van der Waals surface area contributed by atoms with E-state index in [1.54, 1.807) is 0 Å². The Hall–Kier alpha value is -3.39. The van der Waals surface area contributed by atoms with Gasteiger partial charge in [0.25, 0.3) is 0 Å². The minimum Gasteiger partial charge on any atom is -0.368 e. The maximum Gasteiger partial charge on any atom is 0.231 e. The maximum absolute atomic E-state index is 11.3. The van der Waals surface area contributed by atoms with Crippen molar-refractivity contribution in [3.8, 4) is 0 Å². The second-order valence-electron chi connectivity index (χ2n) is 6.95. The van der Waals surface area contributed by atoms with Crippen molar-refractivity contribution < 1.29 is 4.79 Å². The van der Waals surface area contributed by atoms with Gasteiger partial charge in [-0.05, 0) is 42.5 Å². The number of benzene rings is 2. The molecule has 1 aliphatic rings. The van der Waals surface area contributed by atoms with Gasteiger partial charge in [-0.15, -0.1) is 0 Å². The normalized spacial score (nSPS) is 13.8. The summed E-state index contributed by atoms with van der Waals surface area (Å²) in [4.78, 5) is 28.8. The first-order chi connectivity index (χ1) is 14.6. The average Bonchev–Trinajstić information content (AvgIpc) is 2.74. The van der Waals surface area contributed by atoms with Crippen molar-refractivity contribution in [2.45, 2.75) is 6.92 Å². The van der Waals surface area contributed by atoms with Gasteiger partial charge >= 0.3 is 0 Å². The van der Waals surface area contributed by atoms with Gasteiger partial charge in [0.15, 0.2) is 0 Å². The van der Waals surface area contributed by atoms with Crippen LogP contribution in [0.15, 0.2) is 54.9 Å². The van der Waals surface area contributed by atoms with Crippen molar-refractivity contribution in [3.05, 3.63) is 59.9 Å². The molecule has 0 bridgehead atoms. The molecule has 30 heavy (non-hydrogen) atoms. The predicted octanol–water partition coefficient (Wildman–Crippen LogP) is 3.55. The fourth-order valence-corrected chi connectivity index (χ4v) is 3.45. The maximum atomic E-state index is 11.3. The Kier molecular flexibility index (Phi) is 5.94. The largest absolute Gasteiger partial charge is 0.368 e. The van der Waals surface area contributed by atoms with E-state index >= 15 is 0 Å². The molecule has 2 N–H and O–H groups in total. The molecule has 1 fully saturated rings. The van der Waals surface area contributed by atoms with E-state index in [9.17, 15) is 4.79 Å². The number of rotatable bonds is 5. The van der Waals surface area contributed by atoms with Crippen LogP contribution < -0.4 is 20.4 Å². The van der Waals surface area contributed by atoms with E-state index in [1.807, 2.05) is 48.5 Å². The lowest BCUT2D eigenvalue weighted by Crippen LogP contribution is -2.47. The summed E-state index contributed by atoms with van der Waals surface area (Å²) in [5.74, 6) is 0.980. The quantitative estimate of drug-likeness (QED) is 0.648. The molecule has 0 aliphatic carbocycles. The molecule has 0 unspecified atom stereocenters. The topological polar surface area (TPSA) is 86.3 Å². The smallest absolute Gasteiger partial charge is 0.231 e. The Balaban J connectivity index is 1.40. The lowest BCUT2D eigenvalue weighted by Gasteiger charge is -2.36. The molecule has 8 nitrogen and oxygen atoms in total. The lowest BCUT2D eigenvalue weighted by atomic mass is 10.2. The van der Waals surface area contributed by atoms with Crippen molar-refractivity contribution in [2.24, 2.45) is 0 Å². The molecule has 0 radical (unpaired) electrons. The molecule has 0 spiro atoms. The molecule has 9 heteroatoms. The molecule has 1 amide bonds. The molecule has 0 atom stereocenters. The molecule has 3 aromatic rings. The Morgan fingerprint density at radius 1 is 0.967 bits per heavy atom. The summed E-state index contributed by atoms with van der Waals surface area (Å²) in [6.07, 6.45) is 1.51. The minimum absolute atomic E-state index is 0.118. The number of aromatic nitrogens is 3. The van der Waals surface area contributed by atoms with Gasteiger partial charge in [-0.25, -0.2) is 9.97 Å². The number of hydrogen-bond donors (Lipinski definition) is 2. The van der Waals surface area contributed by atoms with Gasteiger partial charge in [0, 0.05) is 55.2 Å². The number of amides is 1. The number of carbonyl (C=O) groups excluding carboxylic acids is 1. The van der Waals surface area contributed by atoms with Crippen LogP contribution in [-0.4, -0.2) is 47.0 Å². The van der Waals surface area contributed by atoms with Crippen LogP contribution in [0.1, 0.15) is 6.92 Å². The van der Waals surface area contributed by atoms with Crippen LogP contribution in [0, 0.1) is 0 Å². The Bertz CT molecular complexity index is 1020.